The van der Waals surface area contributed by atoms with E-state index >= 15 is 0 Å². The lowest BCUT2D eigenvalue weighted by Gasteiger charge is -2.04. The Bertz CT molecular complexity index is 745. The maximum absolute atomic E-state index is 12.0. The Morgan fingerprint density at radius 2 is 1.87 bits per heavy atom. The molecule has 0 atom stereocenters. The van der Waals surface area contributed by atoms with Crippen molar-refractivity contribution >= 4 is 35.7 Å². The number of aryl methyl sites for hydroxylation is 2. The highest BCUT2D eigenvalue weighted by atomic mass is 32.2. The van der Waals surface area contributed by atoms with Crippen molar-refractivity contribution in [3.8, 4) is 5.69 Å². The highest BCUT2D eigenvalue weighted by molar-refractivity contribution is 7.83. The Hall–Kier alpha value is -1.66. The third-order valence-electron chi connectivity index (χ3n) is 3.31. The number of rotatable bonds is 5. The second-order valence-electron chi connectivity index (χ2n) is 5.40. The van der Waals surface area contributed by atoms with E-state index in [0.717, 1.165) is 16.8 Å². The summed E-state index contributed by atoms with van der Waals surface area (Å²) in [6.07, 6.45) is 4.00. The minimum atomic E-state index is -0.340. The van der Waals surface area contributed by atoms with Crippen molar-refractivity contribution in [2.75, 3.05) is 6.61 Å². The predicted octanol–water partition coefficient (Wildman–Crippen LogP) is 3.24. The van der Waals surface area contributed by atoms with Gasteiger partial charge in [-0.25, -0.2) is 0 Å². The van der Waals surface area contributed by atoms with Gasteiger partial charge in [0.25, 0.3) is 0 Å². The zero-order valence-electron chi connectivity index (χ0n) is 13.7. The fourth-order valence-electron chi connectivity index (χ4n) is 2.55. The molecule has 0 aliphatic carbocycles. The molecule has 2 rings (SSSR count). The number of thiophene rings is 1. The number of pyridine rings is 1. The molecule has 0 radical (unpaired) electrons. The third kappa shape index (κ3) is 4.00. The van der Waals surface area contributed by atoms with Gasteiger partial charge in [0.15, 0.2) is 18.2 Å². The van der Waals surface area contributed by atoms with Crippen molar-refractivity contribution in [3.63, 3.8) is 0 Å². The highest BCUT2D eigenvalue weighted by Crippen LogP contribution is 2.33. The first-order chi connectivity index (χ1) is 10.8. The van der Waals surface area contributed by atoms with Crippen LogP contribution in [0.3, 0.4) is 0 Å². The van der Waals surface area contributed by atoms with E-state index in [9.17, 15) is 9.59 Å². The number of nitrogens with zero attached hydrogens (tertiary/aromatic N) is 1. The number of hydrogen-bond donors (Lipinski definition) is 1. The summed E-state index contributed by atoms with van der Waals surface area (Å²) in [4.78, 5) is 24.5. The molecule has 2 aromatic rings. The molecule has 0 unspecified atom stereocenters. The molecule has 0 saturated heterocycles. The van der Waals surface area contributed by atoms with E-state index < -0.39 is 0 Å². The van der Waals surface area contributed by atoms with Crippen LogP contribution in [0.5, 0.6) is 0 Å². The van der Waals surface area contributed by atoms with Gasteiger partial charge in [-0.15, -0.1) is 24.0 Å². The first-order valence-electron chi connectivity index (χ1n) is 7.34. The van der Waals surface area contributed by atoms with E-state index in [1.807, 2.05) is 30.8 Å². The topological polar surface area (TPSA) is 47.3 Å². The molecule has 0 amide bonds. The van der Waals surface area contributed by atoms with E-state index in [-0.39, 0.29) is 18.2 Å². The van der Waals surface area contributed by atoms with E-state index in [4.69, 9.17) is 4.74 Å². The summed E-state index contributed by atoms with van der Waals surface area (Å²) in [7, 11) is 0. The van der Waals surface area contributed by atoms with Gasteiger partial charge in [0.05, 0.1) is 23.5 Å². The molecule has 2 heterocycles. The van der Waals surface area contributed by atoms with Gasteiger partial charge < -0.3 is 4.74 Å². The number of thiol groups is 1. The first-order valence-corrected chi connectivity index (χ1v) is 8.61. The van der Waals surface area contributed by atoms with Crippen LogP contribution >= 0.6 is 24.0 Å². The van der Waals surface area contributed by atoms with Crippen molar-refractivity contribution in [1.82, 2.24) is 0 Å². The second-order valence-corrected chi connectivity index (χ2v) is 7.17. The molecule has 0 bridgehead atoms. The molecule has 0 aromatic carbocycles. The zero-order valence-corrected chi connectivity index (χ0v) is 15.4. The monoisotopic (exact) mass is 350 g/mol. The van der Waals surface area contributed by atoms with Crippen molar-refractivity contribution in [3.05, 3.63) is 40.0 Å². The summed E-state index contributed by atoms with van der Waals surface area (Å²) >= 11 is 5.83. The van der Waals surface area contributed by atoms with Crippen LogP contribution in [-0.4, -0.2) is 18.4 Å². The molecule has 0 N–H and O–H groups in total. The lowest BCUT2D eigenvalue weighted by Crippen LogP contribution is -2.32. The van der Waals surface area contributed by atoms with Gasteiger partial charge in [-0.05, 0) is 33.8 Å². The summed E-state index contributed by atoms with van der Waals surface area (Å²) in [5.74, 6) is -0.409. The SMILES string of the molecule is CCOC(=O)Cc1c(C(C)=O)sc(S)c1-[n+]1cc(C)cc(C)c1. The van der Waals surface area contributed by atoms with Crippen LogP contribution in [0.25, 0.3) is 5.69 Å². The predicted molar refractivity (Wildman–Crippen MR) is 92.9 cm³/mol. The van der Waals surface area contributed by atoms with Crippen molar-refractivity contribution in [1.29, 1.82) is 0 Å². The average Bonchev–Trinajstić information content (AvgIpc) is 2.74. The van der Waals surface area contributed by atoms with Gasteiger partial charge in [0, 0.05) is 11.1 Å². The molecule has 4 nitrogen and oxygen atoms in total. The van der Waals surface area contributed by atoms with Crippen LogP contribution in [0.2, 0.25) is 0 Å². The number of aromatic nitrogens is 1. The summed E-state index contributed by atoms with van der Waals surface area (Å²) < 4.78 is 7.70. The van der Waals surface area contributed by atoms with Gasteiger partial charge >= 0.3 is 5.97 Å². The summed E-state index contributed by atoms with van der Waals surface area (Å²) in [5.41, 5.74) is 3.65. The number of hydrogen-bond acceptors (Lipinski definition) is 5. The van der Waals surface area contributed by atoms with Gasteiger partial charge in [0.2, 0.25) is 5.69 Å². The average molecular weight is 350 g/mol. The summed E-state index contributed by atoms with van der Waals surface area (Å²) in [6.45, 7) is 7.60. The van der Waals surface area contributed by atoms with Gasteiger partial charge in [-0.1, -0.05) is 0 Å². The second kappa shape index (κ2) is 7.27. The molecular weight excluding hydrogens is 330 g/mol. The molecule has 122 valence electrons. The third-order valence-corrected chi connectivity index (χ3v) is 4.92. The summed E-state index contributed by atoms with van der Waals surface area (Å²) in [5, 5.41) is 0. The Balaban J connectivity index is 2.61. The molecule has 6 heteroatoms. The molecular formula is C17H20NO3S2+. The number of carbonyl (C=O) groups excluding carboxylic acids is 2. The van der Waals surface area contributed by atoms with E-state index in [0.29, 0.717) is 21.3 Å². The quantitative estimate of drug-likeness (QED) is 0.390. The van der Waals surface area contributed by atoms with Gasteiger partial charge in [-0.3, -0.25) is 9.59 Å². The minimum absolute atomic E-state index is 0.0646. The van der Waals surface area contributed by atoms with Crippen molar-refractivity contribution in [2.45, 2.75) is 38.3 Å². The fraction of sp³-hybridized carbons (Fsp3) is 0.353. The Morgan fingerprint density at radius 1 is 1.26 bits per heavy atom. The Kier molecular flexibility index (Phi) is 5.59. The molecule has 0 saturated carbocycles. The molecule has 0 fully saturated rings. The lowest BCUT2D eigenvalue weighted by atomic mass is 10.1. The van der Waals surface area contributed by atoms with Gasteiger partial charge in [-0.2, -0.15) is 4.57 Å². The van der Waals surface area contributed by atoms with Crippen LogP contribution in [0.1, 0.15) is 40.2 Å². The number of esters is 1. The van der Waals surface area contributed by atoms with Crippen molar-refractivity contribution in [2.24, 2.45) is 0 Å². The van der Waals surface area contributed by atoms with Crippen LogP contribution in [0, 0.1) is 13.8 Å². The van der Waals surface area contributed by atoms with Crippen LogP contribution in [0.4, 0.5) is 0 Å². The van der Waals surface area contributed by atoms with E-state index in [1.165, 1.54) is 18.3 Å². The zero-order chi connectivity index (χ0) is 17.1. The van der Waals surface area contributed by atoms with Crippen LogP contribution in [-0.2, 0) is 16.0 Å². The number of ketones is 1. The first kappa shape index (κ1) is 17.7. The van der Waals surface area contributed by atoms with Crippen molar-refractivity contribution < 1.29 is 18.9 Å². The summed E-state index contributed by atoms with van der Waals surface area (Å²) in [6, 6.07) is 2.07. The van der Waals surface area contributed by atoms with Crippen LogP contribution in [0.15, 0.2) is 22.7 Å². The maximum Gasteiger partial charge on any atom is 0.310 e. The lowest BCUT2D eigenvalue weighted by molar-refractivity contribution is -0.598. The van der Waals surface area contributed by atoms with Gasteiger partial charge in [0.1, 0.15) is 4.21 Å². The van der Waals surface area contributed by atoms with Crippen LogP contribution < -0.4 is 4.57 Å². The molecule has 0 aliphatic heterocycles. The highest BCUT2D eigenvalue weighted by Gasteiger charge is 2.28. The molecule has 0 spiro atoms. The standard InChI is InChI=1S/C17H19NO3S2/c1-5-21-14(20)7-13-15(17(22)23-16(13)12(4)19)18-8-10(2)6-11(3)9-18/h6,8-9H,5,7H2,1-4H3/p+1. The van der Waals surface area contributed by atoms with E-state index in [2.05, 4.69) is 18.7 Å². The smallest absolute Gasteiger partial charge is 0.310 e. The fourth-order valence-corrected chi connectivity index (χ4v) is 4.03. The molecule has 2 aromatic heterocycles. The van der Waals surface area contributed by atoms with E-state index in [1.54, 1.807) is 6.92 Å². The normalized spacial score (nSPS) is 10.7. The number of ether oxygens (including phenoxy) is 1. The number of carbonyl (C=O) groups is 2. The minimum Gasteiger partial charge on any atom is -0.466 e. The Morgan fingerprint density at radius 3 is 2.39 bits per heavy atom. The molecule has 23 heavy (non-hydrogen) atoms. The molecule has 0 aliphatic rings. The number of Topliss-reactive ketones (excluding diaryl/α,β-unsaturated/α-hetero) is 1. The Labute approximate surface area is 145 Å². The largest absolute Gasteiger partial charge is 0.466 e. The maximum atomic E-state index is 12.0.